The van der Waals surface area contributed by atoms with E-state index in [1.807, 2.05) is 0 Å². The summed E-state index contributed by atoms with van der Waals surface area (Å²) in [4.78, 5) is 14.9. The fourth-order valence-corrected chi connectivity index (χ4v) is 3.72. The zero-order chi connectivity index (χ0) is 15.8. The van der Waals surface area contributed by atoms with Crippen molar-refractivity contribution in [1.82, 2.24) is 4.90 Å². The van der Waals surface area contributed by atoms with Gasteiger partial charge in [0.25, 0.3) is 0 Å². The summed E-state index contributed by atoms with van der Waals surface area (Å²) < 4.78 is 15.7. The molecule has 0 aromatic carbocycles. The van der Waals surface area contributed by atoms with E-state index in [-0.39, 0.29) is 5.92 Å². The minimum atomic E-state index is 0.257. The Bertz CT molecular complexity index is 323. The first-order chi connectivity index (χ1) is 10.7. The molecule has 5 heteroatoms. The number of carbonyl (C=O) groups is 1. The average Bonchev–Trinajstić information content (AvgIpc) is 2.49. The van der Waals surface area contributed by atoms with Gasteiger partial charge in [-0.05, 0) is 32.7 Å². The Balaban J connectivity index is 1.56. The topological polar surface area (TPSA) is 48.0 Å². The first kappa shape index (κ1) is 17.9. The molecular weight excluding hydrogens is 282 g/mol. The Morgan fingerprint density at radius 3 is 2.23 bits per heavy atom. The maximum atomic E-state index is 12.4. The normalized spacial score (nSPS) is 28.7. The van der Waals surface area contributed by atoms with E-state index < -0.39 is 0 Å². The molecule has 2 saturated heterocycles. The van der Waals surface area contributed by atoms with Crippen LogP contribution >= 0.6 is 0 Å². The van der Waals surface area contributed by atoms with Gasteiger partial charge >= 0.3 is 0 Å². The molecule has 128 valence electrons. The van der Waals surface area contributed by atoms with E-state index in [1.165, 1.54) is 19.3 Å². The number of methoxy groups -OCH3 is 1. The highest BCUT2D eigenvalue weighted by Crippen LogP contribution is 2.36. The van der Waals surface area contributed by atoms with Gasteiger partial charge in [0.1, 0.15) is 5.78 Å². The second kappa shape index (κ2) is 9.60. The molecule has 2 heterocycles. The summed E-state index contributed by atoms with van der Waals surface area (Å²) in [5.74, 6) is 0.651. The SMILES string of the molecule is COCCOCCOCCC(=O)C1CC2CCCC(C1)N2C. The molecule has 2 fully saturated rings. The molecule has 5 nitrogen and oxygen atoms in total. The Morgan fingerprint density at radius 2 is 1.59 bits per heavy atom. The monoisotopic (exact) mass is 313 g/mol. The Morgan fingerprint density at radius 1 is 1.00 bits per heavy atom. The molecule has 2 bridgehead atoms. The van der Waals surface area contributed by atoms with Crippen molar-refractivity contribution < 1.29 is 19.0 Å². The van der Waals surface area contributed by atoms with E-state index >= 15 is 0 Å². The Kier molecular flexibility index (Phi) is 7.80. The van der Waals surface area contributed by atoms with Gasteiger partial charge in [-0.1, -0.05) is 6.42 Å². The molecule has 0 radical (unpaired) electrons. The number of carbonyl (C=O) groups excluding carboxylic acids is 1. The van der Waals surface area contributed by atoms with Crippen LogP contribution in [-0.2, 0) is 19.0 Å². The minimum absolute atomic E-state index is 0.257. The second-order valence-corrected chi connectivity index (χ2v) is 6.51. The van der Waals surface area contributed by atoms with Crippen molar-refractivity contribution in [2.24, 2.45) is 5.92 Å². The molecule has 0 N–H and O–H groups in total. The van der Waals surface area contributed by atoms with E-state index in [9.17, 15) is 4.79 Å². The number of ketones is 1. The lowest BCUT2D eigenvalue weighted by molar-refractivity contribution is -0.127. The number of piperidine rings is 2. The van der Waals surface area contributed by atoms with Crippen LogP contribution in [0.1, 0.15) is 38.5 Å². The molecule has 0 aromatic heterocycles. The van der Waals surface area contributed by atoms with Crippen LogP contribution in [0, 0.1) is 5.92 Å². The Labute approximate surface area is 134 Å². The number of ether oxygens (including phenoxy) is 3. The highest BCUT2D eigenvalue weighted by molar-refractivity contribution is 5.81. The van der Waals surface area contributed by atoms with E-state index in [0.717, 1.165) is 12.8 Å². The van der Waals surface area contributed by atoms with Crippen LogP contribution in [-0.4, -0.2) is 70.0 Å². The standard InChI is InChI=1S/C17H31NO4/c1-18-15-4-3-5-16(18)13-14(12-15)17(19)6-7-21-10-11-22-9-8-20-2/h14-16H,3-13H2,1-2H3. The van der Waals surface area contributed by atoms with E-state index in [4.69, 9.17) is 14.2 Å². The van der Waals surface area contributed by atoms with Gasteiger partial charge < -0.3 is 19.1 Å². The van der Waals surface area contributed by atoms with Crippen molar-refractivity contribution in [3.63, 3.8) is 0 Å². The van der Waals surface area contributed by atoms with Gasteiger partial charge in [-0.2, -0.15) is 0 Å². The molecule has 2 aliphatic heterocycles. The lowest BCUT2D eigenvalue weighted by Crippen LogP contribution is -2.51. The number of hydrogen-bond donors (Lipinski definition) is 0. The molecule has 2 atom stereocenters. The quantitative estimate of drug-likeness (QED) is 0.576. The third kappa shape index (κ3) is 5.30. The van der Waals surface area contributed by atoms with Crippen LogP contribution in [0.3, 0.4) is 0 Å². The molecule has 0 saturated carbocycles. The van der Waals surface area contributed by atoms with Crippen molar-refractivity contribution in [3.05, 3.63) is 0 Å². The van der Waals surface area contributed by atoms with Crippen molar-refractivity contribution in [2.75, 3.05) is 47.2 Å². The zero-order valence-corrected chi connectivity index (χ0v) is 14.1. The predicted molar refractivity (Wildman–Crippen MR) is 85.1 cm³/mol. The molecule has 0 aromatic rings. The van der Waals surface area contributed by atoms with Crippen LogP contribution in [0.5, 0.6) is 0 Å². The van der Waals surface area contributed by atoms with Gasteiger partial charge in [-0.25, -0.2) is 0 Å². The van der Waals surface area contributed by atoms with Gasteiger partial charge in [0.2, 0.25) is 0 Å². The zero-order valence-electron chi connectivity index (χ0n) is 14.1. The highest BCUT2D eigenvalue weighted by Gasteiger charge is 2.38. The number of nitrogens with zero attached hydrogens (tertiary/aromatic N) is 1. The summed E-state index contributed by atoms with van der Waals surface area (Å²) in [6, 6.07) is 1.24. The Hall–Kier alpha value is -0.490. The smallest absolute Gasteiger partial charge is 0.138 e. The maximum Gasteiger partial charge on any atom is 0.138 e. The van der Waals surface area contributed by atoms with Gasteiger partial charge in [0.15, 0.2) is 0 Å². The number of fused-ring (bicyclic) bond motifs is 2. The van der Waals surface area contributed by atoms with Crippen molar-refractivity contribution >= 4 is 5.78 Å². The van der Waals surface area contributed by atoms with Crippen LogP contribution in [0.4, 0.5) is 0 Å². The van der Waals surface area contributed by atoms with Crippen LogP contribution in [0.25, 0.3) is 0 Å². The van der Waals surface area contributed by atoms with Gasteiger partial charge in [-0.3, -0.25) is 4.79 Å². The lowest BCUT2D eigenvalue weighted by Gasteiger charge is -2.46. The second-order valence-electron chi connectivity index (χ2n) is 6.51. The predicted octanol–water partition coefficient (Wildman–Crippen LogP) is 1.89. The summed E-state index contributed by atoms with van der Waals surface area (Å²) in [7, 11) is 3.88. The molecule has 2 unspecified atom stereocenters. The summed E-state index contributed by atoms with van der Waals surface area (Å²) in [5, 5.41) is 0. The van der Waals surface area contributed by atoms with Crippen molar-refractivity contribution in [1.29, 1.82) is 0 Å². The third-order valence-electron chi connectivity index (χ3n) is 5.09. The largest absolute Gasteiger partial charge is 0.382 e. The fraction of sp³-hybridized carbons (Fsp3) is 0.941. The number of rotatable bonds is 10. The summed E-state index contributed by atoms with van der Waals surface area (Å²) in [6.07, 6.45) is 6.48. The summed E-state index contributed by atoms with van der Waals surface area (Å²) >= 11 is 0. The molecule has 22 heavy (non-hydrogen) atoms. The van der Waals surface area contributed by atoms with Crippen LogP contribution in [0.2, 0.25) is 0 Å². The first-order valence-corrected chi connectivity index (χ1v) is 8.61. The summed E-state index contributed by atoms with van der Waals surface area (Å²) in [6.45, 7) is 2.84. The van der Waals surface area contributed by atoms with Gasteiger partial charge in [0, 0.05) is 31.5 Å². The third-order valence-corrected chi connectivity index (χ3v) is 5.09. The van der Waals surface area contributed by atoms with E-state index in [1.54, 1.807) is 7.11 Å². The highest BCUT2D eigenvalue weighted by atomic mass is 16.5. The fourth-order valence-electron chi connectivity index (χ4n) is 3.72. The van der Waals surface area contributed by atoms with Crippen LogP contribution < -0.4 is 0 Å². The van der Waals surface area contributed by atoms with E-state index in [2.05, 4.69) is 11.9 Å². The molecule has 0 spiro atoms. The van der Waals surface area contributed by atoms with Crippen LogP contribution in [0.15, 0.2) is 0 Å². The lowest BCUT2D eigenvalue weighted by atomic mass is 9.76. The average molecular weight is 313 g/mol. The summed E-state index contributed by atoms with van der Waals surface area (Å²) in [5.41, 5.74) is 0. The number of Topliss-reactive ketones (excluding diaryl/α,β-unsaturated/α-hetero) is 1. The number of hydrogen-bond acceptors (Lipinski definition) is 5. The molecule has 0 amide bonds. The van der Waals surface area contributed by atoms with Gasteiger partial charge in [-0.15, -0.1) is 0 Å². The molecule has 2 aliphatic rings. The van der Waals surface area contributed by atoms with E-state index in [0.29, 0.717) is 57.3 Å². The molecule has 0 aliphatic carbocycles. The van der Waals surface area contributed by atoms with Crippen molar-refractivity contribution in [2.45, 2.75) is 50.6 Å². The first-order valence-electron chi connectivity index (χ1n) is 8.61. The minimum Gasteiger partial charge on any atom is -0.382 e. The van der Waals surface area contributed by atoms with Gasteiger partial charge in [0.05, 0.1) is 33.0 Å². The maximum absolute atomic E-state index is 12.4. The van der Waals surface area contributed by atoms with Crippen molar-refractivity contribution in [3.8, 4) is 0 Å². The molecular formula is C17H31NO4. The molecule has 2 rings (SSSR count).